The summed E-state index contributed by atoms with van der Waals surface area (Å²) >= 11 is 0. The van der Waals surface area contributed by atoms with Crippen LogP contribution in [0.4, 0.5) is 0 Å². The van der Waals surface area contributed by atoms with Crippen LogP contribution in [0.25, 0.3) is 0 Å². The Morgan fingerprint density at radius 1 is 1.37 bits per heavy atom. The van der Waals surface area contributed by atoms with Crippen LogP contribution in [0.2, 0.25) is 0 Å². The van der Waals surface area contributed by atoms with Crippen LogP contribution < -0.4 is 5.32 Å². The first-order chi connectivity index (χ1) is 9.18. The minimum Gasteiger partial charge on any atom is -0.378 e. The van der Waals surface area contributed by atoms with Gasteiger partial charge in [-0.2, -0.15) is 0 Å². The van der Waals surface area contributed by atoms with Crippen molar-refractivity contribution in [2.75, 3.05) is 26.7 Å². The van der Waals surface area contributed by atoms with Crippen molar-refractivity contribution in [2.24, 2.45) is 5.92 Å². The monoisotopic (exact) mass is 262 g/mol. The second-order valence-corrected chi connectivity index (χ2v) is 5.23. The lowest BCUT2D eigenvalue weighted by Gasteiger charge is -2.28. The van der Waals surface area contributed by atoms with Crippen LogP contribution in [0.5, 0.6) is 0 Å². The zero-order valence-corrected chi connectivity index (χ0v) is 11.4. The first kappa shape index (κ1) is 14.0. The fourth-order valence-electron chi connectivity index (χ4n) is 2.53. The molecule has 1 aliphatic heterocycles. The molecule has 1 atom stereocenters. The molecule has 1 heterocycles. The number of benzene rings is 1. The number of rotatable bonds is 4. The quantitative estimate of drug-likeness (QED) is 0.856. The second kappa shape index (κ2) is 6.68. The van der Waals surface area contributed by atoms with Gasteiger partial charge < -0.3 is 15.3 Å². The summed E-state index contributed by atoms with van der Waals surface area (Å²) in [7, 11) is 1.77. The van der Waals surface area contributed by atoms with Crippen LogP contribution in [0.15, 0.2) is 30.3 Å². The van der Waals surface area contributed by atoms with E-state index in [4.69, 9.17) is 0 Å². The third-order valence-electron chi connectivity index (χ3n) is 3.72. The Labute approximate surface area is 114 Å². The number of hydrogen-bond donors (Lipinski definition) is 2. The molecule has 104 valence electrons. The van der Waals surface area contributed by atoms with E-state index in [0.717, 1.165) is 32.5 Å². The predicted molar refractivity (Wildman–Crippen MR) is 74.6 cm³/mol. The molecule has 1 aliphatic rings. The predicted octanol–water partition coefficient (Wildman–Crippen LogP) is 1.18. The highest BCUT2D eigenvalue weighted by Crippen LogP contribution is 2.18. The molecule has 4 nitrogen and oxygen atoms in total. The third-order valence-corrected chi connectivity index (χ3v) is 3.72. The molecule has 2 rings (SSSR count). The zero-order chi connectivity index (χ0) is 13.7. The van der Waals surface area contributed by atoms with Gasteiger partial charge >= 0.3 is 0 Å². The standard InChI is InChI=1S/C15H22N2O2/c1-17(11-12-7-9-16-10-8-12)15(19)14(18)13-5-3-2-4-6-13/h2-6,12,14,16,18H,7-11H2,1H3. The molecule has 0 bridgehead atoms. The average molecular weight is 262 g/mol. The topological polar surface area (TPSA) is 52.6 Å². The lowest BCUT2D eigenvalue weighted by Crippen LogP contribution is -2.39. The van der Waals surface area contributed by atoms with Crippen LogP contribution in [0.1, 0.15) is 24.5 Å². The highest BCUT2D eigenvalue weighted by atomic mass is 16.3. The number of likely N-dealkylation sites (N-methyl/N-ethyl adjacent to an activating group) is 1. The molecule has 4 heteroatoms. The number of aliphatic hydroxyl groups is 1. The van der Waals surface area contributed by atoms with Crippen molar-refractivity contribution in [3.8, 4) is 0 Å². The Kier molecular flexibility index (Phi) is 4.93. The van der Waals surface area contributed by atoms with E-state index >= 15 is 0 Å². The van der Waals surface area contributed by atoms with Crippen molar-refractivity contribution >= 4 is 5.91 Å². The maximum Gasteiger partial charge on any atom is 0.255 e. The van der Waals surface area contributed by atoms with Crippen molar-refractivity contribution in [1.82, 2.24) is 10.2 Å². The molecule has 1 aromatic rings. The highest BCUT2D eigenvalue weighted by molar-refractivity contribution is 5.81. The zero-order valence-electron chi connectivity index (χ0n) is 11.4. The number of piperidine rings is 1. The summed E-state index contributed by atoms with van der Waals surface area (Å²) in [6.45, 7) is 2.77. The SMILES string of the molecule is CN(CC1CCNCC1)C(=O)C(O)c1ccccc1. The lowest BCUT2D eigenvalue weighted by molar-refractivity contribution is -0.139. The minimum absolute atomic E-state index is 0.218. The van der Waals surface area contributed by atoms with Crippen LogP contribution in [0.3, 0.4) is 0 Å². The number of carbonyl (C=O) groups excluding carboxylic acids is 1. The normalized spacial score (nSPS) is 18.0. The molecule has 0 saturated carbocycles. The Morgan fingerprint density at radius 3 is 2.63 bits per heavy atom. The maximum atomic E-state index is 12.2. The number of carbonyl (C=O) groups is 1. The van der Waals surface area contributed by atoms with Crippen molar-refractivity contribution < 1.29 is 9.90 Å². The van der Waals surface area contributed by atoms with E-state index in [9.17, 15) is 9.90 Å². The Bertz CT molecular complexity index is 402. The molecular weight excluding hydrogens is 240 g/mol. The summed E-state index contributed by atoms with van der Waals surface area (Å²) < 4.78 is 0. The van der Waals surface area contributed by atoms with E-state index in [-0.39, 0.29) is 5.91 Å². The Hall–Kier alpha value is -1.39. The van der Waals surface area contributed by atoms with Gasteiger partial charge in [-0.05, 0) is 37.4 Å². The number of nitrogens with zero attached hydrogens (tertiary/aromatic N) is 1. The van der Waals surface area contributed by atoms with Gasteiger partial charge in [0.1, 0.15) is 0 Å². The van der Waals surface area contributed by atoms with Crippen molar-refractivity contribution in [2.45, 2.75) is 18.9 Å². The molecular formula is C15H22N2O2. The number of nitrogens with one attached hydrogen (secondary N) is 1. The summed E-state index contributed by atoms with van der Waals surface area (Å²) in [5.74, 6) is 0.322. The van der Waals surface area contributed by atoms with Gasteiger partial charge in [0.2, 0.25) is 0 Å². The summed E-state index contributed by atoms with van der Waals surface area (Å²) in [5.41, 5.74) is 0.657. The smallest absolute Gasteiger partial charge is 0.255 e. The van der Waals surface area contributed by atoms with E-state index in [0.29, 0.717) is 11.5 Å². The number of amides is 1. The molecule has 1 saturated heterocycles. The number of hydrogen-bond acceptors (Lipinski definition) is 3. The molecule has 2 N–H and O–H groups in total. The molecule has 0 aliphatic carbocycles. The van der Waals surface area contributed by atoms with Gasteiger partial charge in [-0.15, -0.1) is 0 Å². The van der Waals surface area contributed by atoms with Gasteiger partial charge in [0.25, 0.3) is 5.91 Å². The first-order valence-electron chi connectivity index (χ1n) is 6.87. The van der Waals surface area contributed by atoms with E-state index in [1.54, 1.807) is 24.1 Å². The summed E-state index contributed by atoms with van der Waals surface area (Å²) in [6.07, 6.45) is 1.14. The lowest BCUT2D eigenvalue weighted by atomic mass is 9.97. The number of aliphatic hydroxyl groups excluding tert-OH is 1. The second-order valence-electron chi connectivity index (χ2n) is 5.23. The van der Waals surface area contributed by atoms with E-state index in [2.05, 4.69) is 5.32 Å². The molecule has 1 aromatic carbocycles. The summed E-state index contributed by atoms with van der Waals surface area (Å²) in [4.78, 5) is 13.8. The Balaban J connectivity index is 1.91. The molecule has 1 fully saturated rings. The highest BCUT2D eigenvalue weighted by Gasteiger charge is 2.23. The van der Waals surface area contributed by atoms with Gasteiger partial charge in [0.15, 0.2) is 6.10 Å². The molecule has 1 amide bonds. The van der Waals surface area contributed by atoms with E-state index in [1.165, 1.54) is 0 Å². The maximum absolute atomic E-state index is 12.2. The molecule has 1 unspecified atom stereocenters. The fraction of sp³-hybridized carbons (Fsp3) is 0.533. The van der Waals surface area contributed by atoms with Gasteiger partial charge in [-0.3, -0.25) is 4.79 Å². The van der Waals surface area contributed by atoms with Crippen molar-refractivity contribution in [1.29, 1.82) is 0 Å². The Morgan fingerprint density at radius 2 is 2.00 bits per heavy atom. The largest absolute Gasteiger partial charge is 0.378 e. The van der Waals surface area contributed by atoms with Crippen molar-refractivity contribution in [3.05, 3.63) is 35.9 Å². The molecule has 0 aromatic heterocycles. The average Bonchev–Trinajstić information content (AvgIpc) is 2.47. The minimum atomic E-state index is -1.05. The van der Waals surface area contributed by atoms with Gasteiger partial charge in [-0.1, -0.05) is 30.3 Å². The fourth-order valence-corrected chi connectivity index (χ4v) is 2.53. The van der Waals surface area contributed by atoms with Crippen LogP contribution in [-0.2, 0) is 4.79 Å². The van der Waals surface area contributed by atoms with Gasteiger partial charge in [0, 0.05) is 13.6 Å². The van der Waals surface area contributed by atoms with Gasteiger partial charge in [-0.25, -0.2) is 0 Å². The molecule has 19 heavy (non-hydrogen) atoms. The molecule has 0 spiro atoms. The van der Waals surface area contributed by atoms with Crippen LogP contribution >= 0.6 is 0 Å². The summed E-state index contributed by atoms with van der Waals surface area (Å²) in [6, 6.07) is 9.10. The van der Waals surface area contributed by atoms with Crippen LogP contribution in [0, 0.1) is 5.92 Å². The van der Waals surface area contributed by atoms with Crippen LogP contribution in [-0.4, -0.2) is 42.6 Å². The summed E-state index contributed by atoms with van der Waals surface area (Å²) in [5, 5.41) is 13.4. The molecule has 0 radical (unpaired) electrons. The van der Waals surface area contributed by atoms with Crippen molar-refractivity contribution in [3.63, 3.8) is 0 Å². The first-order valence-corrected chi connectivity index (χ1v) is 6.87. The van der Waals surface area contributed by atoms with E-state index in [1.807, 2.05) is 18.2 Å². The third kappa shape index (κ3) is 3.78. The van der Waals surface area contributed by atoms with E-state index < -0.39 is 6.10 Å². The van der Waals surface area contributed by atoms with Gasteiger partial charge in [0.05, 0.1) is 0 Å².